The van der Waals surface area contributed by atoms with Crippen molar-refractivity contribution in [3.8, 4) is 0 Å². The summed E-state index contributed by atoms with van der Waals surface area (Å²) >= 11 is 5.91. The highest BCUT2D eigenvalue weighted by molar-refractivity contribution is 6.16. The van der Waals surface area contributed by atoms with Crippen molar-refractivity contribution < 1.29 is 0 Å². The van der Waals surface area contributed by atoms with Crippen LogP contribution in [0.2, 0.25) is 0 Å². The van der Waals surface area contributed by atoms with Gasteiger partial charge in [0, 0.05) is 12.5 Å². The Bertz CT molecular complexity index is 355. The van der Waals surface area contributed by atoms with Crippen molar-refractivity contribution in [2.75, 3.05) is 0 Å². The van der Waals surface area contributed by atoms with Crippen LogP contribution in [0.3, 0.4) is 0 Å². The number of rotatable bonds is 5. The van der Waals surface area contributed by atoms with Crippen molar-refractivity contribution in [3.05, 3.63) is 11.6 Å². The highest BCUT2D eigenvalue weighted by atomic mass is 35.5. The summed E-state index contributed by atoms with van der Waals surface area (Å²) in [7, 11) is 0. The van der Waals surface area contributed by atoms with E-state index in [9.17, 15) is 0 Å². The van der Waals surface area contributed by atoms with Crippen LogP contribution in [0.4, 0.5) is 0 Å². The number of halogens is 1. The first kappa shape index (κ1) is 11.9. The largest absolute Gasteiger partial charge is 0.313 e. The van der Waals surface area contributed by atoms with Crippen LogP contribution in [0.15, 0.2) is 0 Å². The van der Waals surface area contributed by atoms with Gasteiger partial charge in [-0.25, -0.2) is 0 Å². The van der Waals surface area contributed by atoms with Gasteiger partial charge in [0.15, 0.2) is 0 Å². The van der Waals surface area contributed by atoms with Gasteiger partial charge in [-0.15, -0.1) is 21.8 Å². The standard InChI is InChI=1S/C12H20ClN3/c1-8(2)7-16-11(6-13)14-15-12(16)9(3)10-4-5-10/h8-10H,4-7H2,1-3H3. The van der Waals surface area contributed by atoms with E-state index in [0.29, 0.717) is 17.7 Å². The fourth-order valence-corrected chi connectivity index (χ4v) is 2.35. The summed E-state index contributed by atoms with van der Waals surface area (Å²) in [6.07, 6.45) is 2.68. The summed E-state index contributed by atoms with van der Waals surface area (Å²) in [4.78, 5) is 0. The first-order valence-corrected chi connectivity index (χ1v) is 6.64. The Morgan fingerprint density at radius 1 is 1.31 bits per heavy atom. The van der Waals surface area contributed by atoms with Gasteiger partial charge in [0.05, 0.1) is 5.88 Å². The average molecular weight is 242 g/mol. The molecule has 0 bridgehead atoms. The van der Waals surface area contributed by atoms with Crippen LogP contribution < -0.4 is 0 Å². The molecule has 1 unspecified atom stereocenters. The Labute approximate surface area is 102 Å². The van der Waals surface area contributed by atoms with E-state index < -0.39 is 0 Å². The van der Waals surface area contributed by atoms with Crippen molar-refractivity contribution in [2.24, 2.45) is 11.8 Å². The van der Waals surface area contributed by atoms with Gasteiger partial charge in [-0.05, 0) is 24.7 Å². The second-order valence-corrected chi connectivity index (χ2v) is 5.51. The molecule has 1 saturated carbocycles. The van der Waals surface area contributed by atoms with Crippen LogP contribution in [-0.4, -0.2) is 14.8 Å². The number of hydrogen-bond acceptors (Lipinski definition) is 2. The number of aromatic nitrogens is 3. The van der Waals surface area contributed by atoms with Crippen molar-refractivity contribution in [3.63, 3.8) is 0 Å². The molecular formula is C12H20ClN3. The number of nitrogens with zero attached hydrogens (tertiary/aromatic N) is 3. The molecule has 3 nitrogen and oxygen atoms in total. The Morgan fingerprint density at radius 3 is 2.50 bits per heavy atom. The average Bonchev–Trinajstić information content (AvgIpc) is 3.00. The van der Waals surface area contributed by atoms with E-state index in [1.54, 1.807) is 0 Å². The van der Waals surface area contributed by atoms with E-state index in [4.69, 9.17) is 11.6 Å². The predicted molar refractivity (Wildman–Crippen MR) is 65.6 cm³/mol. The molecule has 1 aliphatic rings. The van der Waals surface area contributed by atoms with Crippen LogP contribution in [0.25, 0.3) is 0 Å². The summed E-state index contributed by atoms with van der Waals surface area (Å²) < 4.78 is 2.22. The molecule has 0 radical (unpaired) electrons. The van der Waals surface area contributed by atoms with E-state index in [1.807, 2.05) is 0 Å². The van der Waals surface area contributed by atoms with Gasteiger partial charge < -0.3 is 4.57 Å². The smallest absolute Gasteiger partial charge is 0.147 e. The van der Waals surface area contributed by atoms with E-state index in [2.05, 4.69) is 35.5 Å². The van der Waals surface area contributed by atoms with Gasteiger partial charge in [0.2, 0.25) is 0 Å². The van der Waals surface area contributed by atoms with Crippen molar-refractivity contribution in [2.45, 2.75) is 52.0 Å². The molecule has 1 heterocycles. The predicted octanol–water partition coefficient (Wildman–Crippen LogP) is 3.19. The lowest BCUT2D eigenvalue weighted by atomic mass is 10.1. The van der Waals surface area contributed by atoms with Crippen molar-refractivity contribution in [1.82, 2.24) is 14.8 Å². The lowest BCUT2D eigenvalue weighted by molar-refractivity contribution is 0.473. The van der Waals surface area contributed by atoms with E-state index >= 15 is 0 Å². The highest BCUT2D eigenvalue weighted by Crippen LogP contribution is 2.41. The maximum Gasteiger partial charge on any atom is 0.147 e. The SMILES string of the molecule is CC(C)Cn1c(CCl)nnc1C(C)C1CC1. The molecule has 0 N–H and O–H groups in total. The second kappa shape index (κ2) is 4.74. The maximum absolute atomic E-state index is 5.91. The molecule has 4 heteroatoms. The zero-order valence-electron chi connectivity index (χ0n) is 10.3. The molecule has 0 amide bonds. The molecule has 90 valence electrons. The number of alkyl halides is 1. The fraction of sp³-hybridized carbons (Fsp3) is 0.833. The summed E-state index contributed by atoms with van der Waals surface area (Å²) in [5.74, 6) is 4.45. The maximum atomic E-state index is 5.91. The zero-order valence-corrected chi connectivity index (χ0v) is 11.0. The van der Waals surface area contributed by atoms with Gasteiger partial charge in [-0.2, -0.15) is 0 Å². The minimum Gasteiger partial charge on any atom is -0.313 e. The van der Waals surface area contributed by atoms with E-state index in [1.165, 1.54) is 12.8 Å². The zero-order chi connectivity index (χ0) is 11.7. The molecule has 0 aliphatic heterocycles. The summed E-state index contributed by atoms with van der Waals surface area (Å²) in [6, 6.07) is 0. The molecule has 1 aromatic heterocycles. The van der Waals surface area contributed by atoms with Crippen LogP contribution in [0, 0.1) is 11.8 Å². The second-order valence-electron chi connectivity index (χ2n) is 5.24. The molecule has 0 spiro atoms. The minimum absolute atomic E-state index is 0.455. The monoisotopic (exact) mass is 241 g/mol. The van der Waals surface area contributed by atoms with Crippen LogP contribution in [0.1, 0.15) is 51.2 Å². The molecule has 1 atom stereocenters. The molecule has 1 aliphatic carbocycles. The quantitative estimate of drug-likeness (QED) is 0.742. The first-order valence-electron chi connectivity index (χ1n) is 6.11. The van der Waals surface area contributed by atoms with Gasteiger partial charge in [-0.1, -0.05) is 20.8 Å². The lowest BCUT2D eigenvalue weighted by Gasteiger charge is -2.15. The normalized spacial score (nSPS) is 18.1. The summed E-state index contributed by atoms with van der Waals surface area (Å²) in [5.41, 5.74) is 0. The molecule has 0 saturated heterocycles. The summed E-state index contributed by atoms with van der Waals surface area (Å²) in [6.45, 7) is 7.66. The molecule has 2 rings (SSSR count). The fourth-order valence-electron chi connectivity index (χ4n) is 2.16. The Hall–Kier alpha value is -0.570. The highest BCUT2D eigenvalue weighted by Gasteiger charge is 2.32. The van der Waals surface area contributed by atoms with Crippen molar-refractivity contribution >= 4 is 11.6 Å². The van der Waals surface area contributed by atoms with Crippen molar-refractivity contribution in [1.29, 1.82) is 0 Å². The van der Waals surface area contributed by atoms with E-state index in [0.717, 1.165) is 24.1 Å². The third kappa shape index (κ3) is 2.40. The number of hydrogen-bond donors (Lipinski definition) is 0. The molecule has 16 heavy (non-hydrogen) atoms. The van der Waals surface area contributed by atoms with Gasteiger partial charge in [0.1, 0.15) is 11.6 Å². The molecule has 0 aromatic carbocycles. The Morgan fingerprint density at radius 2 is 2.00 bits per heavy atom. The third-order valence-electron chi connectivity index (χ3n) is 3.26. The van der Waals surface area contributed by atoms with Gasteiger partial charge in [0.25, 0.3) is 0 Å². The van der Waals surface area contributed by atoms with Crippen LogP contribution in [0.5, 0.6) is 0 Å². The van der Waals surface area contributed by atoms with Gasteiger partial charge >= 0.3 is 0 Å². The van der Waals surface area contributed by atoms with E-state index in [-0.39, 0.29) is 0 Å². The Kier molecular flexibility index (Phi) is 3.53. The minimum atomic E-state index is 0.455. The third-order valence-corrected chi connectivity index (χ3v) is 3.50. The lowest BCUT2D eigenvalue weighted by Crippen LogP contribution is -2.14. The first-order chi connectivity index (χ1) is 7.63. The van der Waals surface area contributed by atoms with Crippen LogP contribution in [-0.2, 0) is 12.4 Å². The van der Waals surface area contributed by atoms with Gasteiger partial charge in [-0.3, -0.25) is 0 Å². The van der Waals surface area contributed by atoms with Crippen LogP contribution >= 0.6 is 11.6 Å². The Balaban J connectivity index is 2.24. The molecule has 1 aromatic rings. The molecule has 1 fully saturated rings. The molecular weight excluding hydrogens is 222 g/mol. The topological polar surface area (TPSA) is 30.7 Å². The summed E-state index contributed by atoms with van der Waals surface area (Å²) in [5, 5.41) is 8.53.